The van der Waals surface area contributed by atoms with E-state index < -0.39 is 0 Å². The monoisotopic (exact) mass is 363 g/mol. The second kappa shape index (κ2) is 8.09. The van der Waals surface area contributed by atoms with E-state index in [9.17, 15) is 4.79 Å². The molecule has 2 atom stereocenters. The predicted octanol–water partition coefficient (Wildman–Crippen LogP) is 3.05. The summed E-state index contributed by atoms with van der Waals surface area (Å²) in [5.74, 6) is 1.38. The van der Waals surface area contributed by atoms with Gasteiger partial charge in [-0.15, -0.1) is 0 Å². The first-order valence-corrected chi connectivity index (χ1v) is 9.39. The number of likely N-dealkylation sites (tertiary alicyclic amines) is 1. The molecule has 1 aliphatic heterocycles. The Morgan fingerprint density at radius 3 is 2.80 bits per heavy atom. The third-order valence-corrected chi connectivity index (χ3v) is 5.25. The number of methoxy groups -OCH3 is 1. The Bertz CT molecular complexity index is 641. The molecule has 1 heterocycles. The number of ether oxygens (including phenoxy) is 1. The van der Waals surface area contributed by atoms with Crippen molar-refractivity contribution in [3.8, 4) is 0 Å². The van der Waals surface area contributed by atoms with Crippen LogP contribution in [0.2, 0.25) is 5.02 Å². The number of nitrogens with one attached hydrogen (secondary N) is 1. The number of carbonyl (C=O) groups is 1. The standard InChI is InChI=1S/C19H26ClN3O2/c1-3-21-19(23-9-7-13(8-10-23)18(24)25-2)22-17-12-16(17)14-5-4-6-15(20)11-14/h4-6,11,13,16-17H,3,7-10,12H2,1-2H3,(H,21,22). The second-order valence-corrected chi connectivity index (χ2v) is 7.17. The van der Waals surface area contributed by atoms with Crippen molar-refractivity contribution in [3.05, 3.63) is 34.9 Å². The number of esters is 1. The number of hydrogen-bond acceptors (Lipinski definition) is 3. The maximum atomic E-state index is 11.7. The molecule has 0 bridgehead atoms. The lowest BCUT2D eigenvalue weighted by atomic mass is 9.97. The highest BCUT2D eigenvalue weighted by molar-refractivity contribution is 6.30. The molecule has 6 heteroatoms. The zero-order valence-corrected chi connectivity index (χ0v) is 15.6. The minimum atomic E-state index is -0.0928. The van der Waals surface area contributed by atoms with Crippen LogP contribution in [-0.2, 0) is 9.53 Å². The SMILES string of the molecule is CCN=C(NC1CC1c1cccc(Cl)c1)N1CCC(C(=O)OC)CC1. The van der Waals surface area contributed by atoms with E-state index in [4.69, 9.17) is 16.3 Å². The minimum Gasteiger partial charge on any atom is -0.469 e. The lowest BCUT2D eigenvalue weighted by molar-refractivity contribution is -0.146. The molecule has 1 saturated heterocycles. The molecule has 3 rings (SSSR count). The van der Waals surface area contributed by atoms with E-state index in [1.807, 2.05) is 25.1 Å². The van der Waals surface area contributed by atoms with Gasteiger partial charge in [-0.2, -0.15) is 0 Å². The fourth-order valence-corrected chi connectivity index (χ4v) is 3.71. The summed E-state index contributed by atoms with van der Waals surface area (Å²) >= 11 is 6.10. The maximum Gasteiger partial charge on any atom is 0.308 e. The van der Waals surface area contributed by atoms with Gasteiger partial charge < -0.3 is 15.0 Å². The normalized spacial score (nSPS) is 24.1. The number of piperidine rings is 1. The van der Waals surface area contributed by atoms with E-state index in [0.717, 1.165) is 49.9 Å². The topological polar surface area (TPSA) is 53.9 Å². The molecule has 0 radical (unpaired) electrons. The Kier molecular flexibility index (Phi) is 5.84. The molecule has 1 aromatic carbocycles. The molecule has 2 unspecified atom stereocenters. The Morgan fingerprint density at radius 2 is 2.16 bits per heavy atom. The second-order valence-electron chi connectivity index (χ2n) is 6.73. The number of nitrogens with zero attached hydrogens (tertiary/aromatic N) is 2. The van der Waals surface area contributed by atoms with Crippen LogP contribution in [0.3, 0.4) is 0 Å². The van der Waals surface area contributed by atoms with Gasteiger partial charge in [0, 0.05) is 36.6 Å². The number of halogens is 1. The maximum absolute atomic E-state index is 11.7. The van der Waals surface area contributed by atoms with Crippen LogP contribution in [0, 0.1) is 5.92 Å². The van der Waals surface area contributed by atoms with Crippen LogP contribution >= 0.6 is 11.6 Å². The number of aliphatic imine (C=N–C) groups is 1. The van der Waals surface area contributed by atoms with Crippen molar-refractivity contribution in [2.24, 2.45) is 10.9 Å². The zero-order chi connectivity index (χ0) is 17.8. The van der Waals surface area contributed by atoms with Crippen molar-refractivity contribution < 1.29 is 9.53 Å². The quantitative estimate of drug-likeness (QED) is 0.507. The van der Waals surface area contributed by atoms with Crippen LogP contribution in [0.4, 0.5) is 0 Å². The van der Waals surface area contributed by atoms with E-state index in [2.05, 4.69) is 21.3 Å². The first-order chi connectivity index (χ1) is 12.1. The third-order valence-electron chi connectivity index (χ3n) is 5.02. The number of guanidine groups is 1. The first-order valence-electron chi connectivity index (χ1n) is 9.01. The van der Waals surface area contributed by atoms with Crippen molar-refractivity contribution >= 4 is 23.5 Å². The molecule has 0 amide bonds. The van der Waals surface area contributed by atoms with Crippen molar-refractivity contribution in [2.75, 3.05) is 26.7 Å². The molecule has 1 saturated carbocycles. The average molecular weight is 364 g/mol. The average Bonchev–Trinajstić information content (AvgIpc) is 3.40. The summed E-state index contributed by atoms with van der Waals surface area (Å²) in [6.07, 6.45) is 2.74. The molecular weight excluding hydrogens is 338 g/mol. The van der Waals surface area contributed by atoms with E-state index in [1.165, 1.54) is 12.7 Å². The van der Waals surface area contributed by atoms with Crippen LogP contribution in [0.1, 0.15) is 37.7 Å². The smallest absolute Gasteiger partial charge is 0.308 e. The lowest BCUT2D eigenvalue weighted by Gasteiger charge is -2.33. The summed E-state index contributed by atoms with van der Waals surface area (Å²) in [4.78, 5) is 18.6. The summed E-state index contributed by atoms with van der Waals surface area (Å²) in [5.41, 5.74) is 1.28. The molecule has 25 heavy (non-hydrogen) atoms. The van der Waals surface area contributed by atoms with Gasteiger partial charge in [0.25, 0.3) is 0 Å². The van der Waals surface area contributed by atoms with Crippen LogP contribution in [0.25, 0.3) is 0 Å². The summed E-state index contributed by atoms with van der Waals surface area (Å²) in [6, 6.07) is 8.50. The largest absolute Gasteiger partial charge is 0.469 e. The highest BCUT2D eigenvalue weighted by atomic mass is 35.5. The molecule has 2 aliphatic rings. The molecule has 1 N–H and O–H groups in total. The molecule has 5 nitrogen and oxygen atoms in total. The highest BCUT2D eigenvalue weighted by Crippen LogP contribution is 2.41. The summed E-state index contributed by atoms with van der Waals surface area (Å²) in [7, 11) is 1.46. The molecule has 2 fully saturated rings. The van der Waals surface area contributed by atoms with Crippen LogP contribution in [0.15, 0.2) is 29.3 Å². The van der Waals surface area contributed by atoms with E-state index in [1.54, 1.807) is 0 Å². The third kappa shape index (κ3) is 4.46. The minimum absolute atomic E-state index is 0.0178. The zero-order valence-electron chi connectivity index (χ0n) is 14.9. The van der Waals surface area contributed by atoms with Crippen LogP contribution in [0.5, 0.6) is 0 Å². The predicted molar refractivity (Wildman–Crippen MR) is 100 cm³/mol. The molecular formula is C19H26ClN3O2. The number of carbonyl (C=O) groups excluding carboxylic acids is 1. The van der Waals surface area contributed by atoms with Crippen LogP contribution in [-0.4, -0.2) is 49.6 Å². The van der Waals surface area contributed by atoms with Gasteiger partial charge in [-0.1, -0.05) is 23.7 Å². The summed E-state index contributed by atoms with van der Waals surface area (Å²) in [6.45, 7) is 4.46. The first kappa shape index (κ1) is 18.1. The highest BCUT2D eigenvalue weighted by Gasteiger charge is 2.40. The van der Waals surface area contributed by atoms with Crippen molar-refractivity contribution in [1.29, 1.82) is 0 Å². The number of hydrogen-bond donors (Lipinski definition) is 1. The van der Waals surface area contributed by atoms with Gasteiger partial charge in [-0.25, -0.2) is 0 Å². The van der Waals surface area contributed by atoms with E-state index >= 15 is 0 Å². The van der Waals surface area contributed by atoms with Gasteiger partial charge in [0.15, 0.2) is 5.96 Å². The molecule has 1 aliphatic carbocycles. The Morgan fingerprint density at radius 1 is 1.40 bits per heavy atom. The van der Waals surface area contributed by atoms with Gasteiger partial charge in [0.1, 0.15) is 0 Å². The number of rotatable bonds is 4. The molecule has 0 aromatic heterocycles. The van der Waals surface area contributed by atoms with Crippen molar-refractivity contribution in [1.82, 2.24) is 10.2 Å². The fourth-order valence-electron chi connectivity index (χ4n) is 3.51. The molecule has 0 spiro atoms. The van der Waals surface area contributed by atoms with Gasteiger partial charge in [0.05, 0.1) is 13.0 Å². The van der Waals surface area contributed by atoms with Crippen LogP contribution < -0.4 is 5.32 Å². The summed E-state index contributed by atoms with van der Waals surface area (Å²) < 4.78 is 4.87. The fraction of sp³-hybridized carbons (Fsp3) is 0.579. The van der Waals surface area contributed by atoms with E-state index in [0.29, 0.717) is 12.0 Å². The van der Waals surface area contributed by atoms with Gasteiger partial charge in [-0.05, 0) is 43.9 Å². The number of benzene rings is 1. The lowest BCUT2D eigenvalue weighted by Crippen LogP contribution is -2.47. The molecule has 1 aromatic rings. The van der Waals surface area contributed by atoms with Crippen molar-refractivity contribution in [2.45, 2.75) is 38.1 Å². The van der Waals surface area contributed by atoms with Crippen molar-refractivity contribution in [3.63, 3.8) is 0 Å². The summed E-state index contributed by atoms with van der Waals surface area (Å²) in [5, 5.41) is 4.39. The Balaban J connectivity index is 1.57. The Hall–Kier alpha value is -1.75. The molecule has 136 valence electrons. The Labute approximate surface area is 154 Å². The van der Waals surface area contributed by atoms with Gasteiger partial charge in [0.2, 0.25) is 0 Å². The van der Waals surface area contributed by atoms with E-state index in [-0.39, 0.29) is 11.9 Å². The van der Waals surface area contributed by atoms with Gasteiger partial charge >= 0.3 is 5.97 Å². The van der Waals surface area contributed by atoms with Gasteiger partial charge in [-0.3, -0.25) is 9.79 Å².